The van der Waals surface area contributed by atoms with Crippen LogP contribution in [0, 0.1) is 0 Å². The fourth-order valence-corrected chi connectivity index (χ4v) is 31.7. The molecule has 0 bridgehead atoms. The van der Waals surface area contributed by atoms with E-state index in [9.17, 15) is 0 Å². The van der Waals surface area contributed by atoms with E-state index in [1.54, 1.807) is 0 Å². The molecule has 1 fully saturated rings. The van der Waals surface area contributed by atoms with Gasteiger partial charge in [0.15, 0.2) is 0 Å². The van der Waals surface area contributed by atoms with E-state index >= 15 is 0 Å². The van der Waals surface area contributed by atoms with Gasteiger partial charge in [-0.1, -0.05) is 121 Å². The first-order valence-corrected chi connectivity index (χ1v) is 25.8. The van der Waals surface area contributed by atoms with Crippen LogP contribution < -0.4 is 20.7 Å². The topological polar surface area (TPSA) is 46.2 Å². The minimum atomic E-state index is -3.15. The summed E-state index contributed by atoms with van der Waals surface area (Å²) in [6.45, 7) is 12.8. The van der Waals surface area contributed by atoms with Gasteiger partial charge < -0.3 is 20.6 Å². The van der Waals surface area contributed by atoms with Gasteiger partial charge in [0.05, 0.1) is 0 Å². The molecule has 40 heavy (non-hydrogen) atoms. The molecule has 0 N–H and O–H groups in total. The zero-order valence-electron chi connectivity index (χ0n) is 24.1. The number of rotatable bonds is 4. The van der Waals surface area contributed by atoms with Gasteiger partial charge in [0.25, 0.3) is 0 Å². The summed E-state index contributed by atoms with van der Waals surface area (Å²) in [5, 5.41) is 4.22. The summed E-state index contributed by atoms with van der Waals surface area (Å²) in [6, 6.07) is 41.4. The SMILES string of the molecule is C[Si]1(C)O[Si](C)(c2ccccc2)O[Si](C)(c2ccccc2)O[Si](C)(c2ccccc2)O[Si](C)(c2ccccc2)O1. The molecule has 0 radical (unpaired) electrons. The Balaban J connectivity index is 1.76. The van der Waals surface area contributed by atoms with Crippen molar-refractivity contribution >= 4 is 63.6 Å². The largest absolute Gasteiger partial charge is 0.412 e. The fraction of sp³-hybridized carbons (Fsp3) is 0.200. The van der Waals surface area contributed by atoms with Crippen LogP contribution >= 0.6 is 0 Å². The highest BCUT2D eigenvalue weighted by Crippen LogP contribution is 2.31. The van der Waals surface area contributed by atoms with Crippen LogP contribution in [0.15, 0.2) is 121 Å². The summed E-state index contributed by atoms with van der Waals surface area (Å²) in [4.78, 5) is 0. The lowest BCUT2D eigenvalue weighted by Crippen LogP contribution is -2.75. The van der Waals surface area contributed by atoms with Crippen molar-refractivity contribution in [3.63, 3.8) is 0 Å². The molecular weight excluding hydrogens is 581 g/mol. The second kappa shape index (κ2) is 11.2. The van der Waals surface area contributed by atoms with Crippen LogP contribution in [0.1, 0.15) is 0 Å². The molecule has 0 aliphatic carbocycles. The Bertz CT molecular complexity index is 1310. The Kier molecular flexibility index (Phi) is 8.20. The molecule has 1 aliphatic rings. The minimum absolute atomic E-state index is 1.05. The highest BCUT2D eigenvalue weighted by Gasteiger charge is 2.58. The Morgan fingerprint density at radius 2 is 0.500 bits per heavy atom. The fourth-order valence-electron chi connectivity index (χ4n) is 5.59. The molecule has 1 aliphatic heterocycles. The number of benzene rings is 4. The van der Waals surface area contributed by atoms with Gasteiger partial charge in [0.2, 0.25) is 0 Å². The maximum Gasteiger partial charge on any atom is 0.352 e. The smallest absolute Gasteiger partial charge is 0.352 e. The molecule has 1 saturated heterocycles. The molecule has 208 valence electrons. The van der Waals surface area contributed by atoms with Crippen molar-refractivity contribution in [2.24, 2.45) is 0 Å². The van der Waals surface area contributed by atoms with Crippen LogP contribution in [-0.4, -0.2) is 42.8 Å². The number of hydrogen-bond acceptors (Lipinski definition) is 5. The monoisotopic (exact) mass is 618 g/mol. The summed E-state index contributed by atoms with van der Waals surface area (Å²) >= 11 is 0. The van der Waals surface area contributed by atoms with E-state index in [1.807, 2.05) is 72.8 Å². The summed E-state index contributed by atoms with van der Waals surface area (Å²) in [7, 11) is -15.3. The molecule has 4 aromatic rings. The van der Waals surface area contributed by atoms with Crippen LogP contribution in [0.25, 0.3) is 0 Å². The normalized spacial score (nSPS) is 30.9. The van der Waals surface area contributed by atoms with E-state index in [0.29, 0.717) is 0 Å². The predicted molar refractivity (Wildman–Crippen MR) is 174 cm³/mol. The first-order valence-electron chi connectivity index (χ1n) is 13.7. The molecule has 4 aromatic carbocycles. The Morgan fingerprint density at radius 1 is 0.300 bits per heavy atom. The standard InChI is InChI=1S/C30H38O5Si5/c1-36(2)31-37(3,27-19-11-7-12-20-27)33-39(5,29-23-15-9-16-24-29)35-40(6,30-25-17-10-18-26-30)34-38(4,32-36)28-21-13-8-14-22-28/h7-26H,1-6H3. The van der Waals surface area contributed by atoms with Crippen molar-refractivity contribution in [2.75, 3.05) is 0 Å². The van der Waals surface area contributed by atoms with Crippen molar-refractivity contribution in [1.82, 2.24) is 0 Å². The molecule has 0 amide bonds. The van der Waals surface area contributed by atoms with Crippen LogP contribution in [0.4, 0.5) is 0 Å². The lowest BCUT2D eigenvalue weighted by molar-refractivity contribution is 0.251. The van der Waals surface area contributed by atoms with E-state index in [2.05, 4.69) is 87.8 Å². The predicted octanol–water partition coefficient (Wildman–Crippen LogP) is 4.70. The maximum atomic E-state index is 7.43. The molecule has 10 heteroatoms. The highest BCUT2D eigenvalue weighted by molar-refractivity contribution is 7.04. The average Bonchev–Trinajstić information content (AvgIpc) is 2.93. The summed E-state index contributed by atoms with van der Waals surface area (Å²) in [5.41, 5.74) is 0. The first kappa shape index (κ1) is 29.3. The maximum absolute atomic E-state index is 7.43. The first-order chi connectivity index (χ1) is 19.0. The molecule has 0 aromatic heterocycles. The van der Waals surface area contributed by atoms with Crippen molar-refractivity contribution in [3.8, 4) is 0 Å². The van der Waals surface area contributed by atoms with Crippen molar-refractivity contribution < 1.29 is 20.6 Å². The van der Waals surface area contributed by atoms with Gasteiger partial charge in [0.1, 0.15) is 0 Å². The van der Waals surface area contributed by atoms with Gasteiger partial charge in [-0.15, -0.1) is 0 Å². The summed E-state index contributed by atoms with van der Waals surface area (Å²) < 4.78 is 36.5. The van der Waals surface area contributed by atoms with Gasteiger partial charge in [-0.05, 0) is 60.0 Å². The van der Waals surface area contributed by atoms with Gasteiger partial charge in [-0.2, -0.15) is 0 Å². The Labute approximate surface area is 243 Å². The lowest BCUT2D eigenvalue weighted by atomic mass is 10.4. The van der Waals surface area contributed by atoms with E-state index in [0.717, 1.165) is 20.7 Å². The Morgan fingerprint density at radius 3 is 0.725 bits per heavy atom. The average molecular weight is 619 g/mol. The van der Waals surface area contributed by atoms with Gasteiger partial charge in [0, 0.05) is 0 Å². The lowest BCUT2D eigenvalue weighted by Gasteiger charge is -2.49. The third kappa shape index (κ3) is 6.16. The van der Waals surface area contributed by atoms with E-state index < -0.39 is 42.8 Å². The second-order valence-electron chi connectivity index (χ2n) is 11.2. The van der Waals surface area contributed by atoms with Gasteiger partial charge >= 0.3 is 42.8 Å². The van der Waals surface area contributed by atoms with E-state index in [1.165, 1.54) is 0 Å². The highest BCUT2D eigenvalue weighted by atomic mass is 28.5. The van der Waals surface area contributed by atoms with E-state index in [4.69, 9.17) is 20.6 Å². The third-order valence-corrected chi connectivity index (χ3v) is 29.2. The van der Waals surface area contributed by atoms with Gasteiger partial charge in [-0.25, -0.2) is 0 Å². The second-order valence-corrected chi connectivity index (χ2v) is 27.9. The summed E-state index contributed by atoms with van der Waals surface area (Å²) in [5.74, 6) is 0. The van der Waals surface area contributed by atoms with Crippen LogP contribution in [-0.2, 0) is 20.6 Å². The molecule has 1 heterocycles. The molecule has 0 saturated carbocycles. The molecule has 4 unspecified atom stereocenters. The third-order valence-electron chi connectivity index (χ3n) is 7.24. The van der Waals surface area contributed by atoms with Crippen LogP contribution in [0.3, 0.4) is 0 Å². The quantitative estimate of drug-likeness (QED) is 0.311. The van der Waals surface area contributed by atoms with Gasteiger partial charge in [-0.3, -0.25) is 0 Å². The molecule has 4 atom stereocenters. The number of hydrogen-bond donors (Lipinski definition) is 0. The van der Waals surface area contributed by atoms with Crippen molar-refractivity contribution in [2.45, 2.75) is 39.3 Å². The van der Waals surface area contributed by atoms with E-state index in [-0.39, 0.29) is 0 Å². The Hall–Kier alpha value is -2.24. The summed E-state index contributed by atoms with van der Waals surface area (Å²) in [6.07, 6.45) is 0. The molecular formula is C30H38O5Si5. The molecule has 5 rings (SSSR count). The minimum Gasteiger partial charge on any atom is -0.412 e. The van der Waals surface area contributed by atoms with Crippen LogP contribution in [0.5, 0.6) is 0 Å². The zero-order chi connectivity index (χ0) is 28.5. The molecule has 0 spiro atoms. The zero-order valence-corrected chi connectivity index (χ0v) is 29.1. The van der Waals surface area contributed by atoms with Crippen molar-refractivity contribution in [3.05, 3.63) is 121 Å². The molecule has 5 nitrogen and oxygen atoms in total. The van der Waals surface area contributed by atoms with Crippen molar-refractivity contribution in [1.29, 1.82) is 0 Å². The van der Waals surface area contributed by atoms with Crippen LogP contribution in [0.2, 0.25) is 39.3 Å².